The lowest BCUT2D eigenvalue weighted by atomic mass is 9.73. The Kier molecular flexibility index (Phi) is 6.77. The molecule has 6 nitrogen and oxygen atoms in total. The summed E-state index contributed by atoms with van der Waals surface area (Å²) in [7, 11) is 4.74. The van der Waals surface area contributed by atoms with Crippen LogP contribution in [-0.4, -0.2) is 39.7 Å². The summed E-state index contributed by atoms with van der Waals surface area (Å²) in [6, 6.07) is 13.0. The molecule has 30 heavy (non-hydrogen) atoms. The maximum atomic E-state index is 13.0. The van der Waals surface area contributed by atoms with Crippen LogP contribution < -0.4 is 14.2 Å². The van der Waals surface area contributed by atoms with E-state index in [1.54, 1.807) is 40.4 Å². The van der Waals surface area contributed by atoms with Gasteiger partial charge in [0.25, 0.3) is 0 Å². The van der Waals surface area contributed by atoms with Crippen LogP contribution in [0.25, 0.3) is 5.57 Å². The Bertz CT molecular complexity index is 945. The van der Waals surface area contributed by atoms with Crippen molar-refractivity contribution in [3.63, 3.8) is 0 Å². The van der Waals surface area contributed by atoms with Crippen molar-refractivity contribution in [3.05, 3.63) is 59.7 Å². The average Bonchev–Trinajstić information content (AvgIpc) is 2.78. The Labute approximate surface area is 176 Å². The molecule has 0 bridgehead atoms. The van der Waals surface area contributed by atoms with Crippen molar-refractivity contribution < 1.29 is 28.5 Å². The Morgan fingerprint density at radius 3 is 2.27 bits per heavy atom. The number of hydrogen-bond acceptors (Lipinski definition) is 6. The van der Waals surface area contributed by atoms with Crippen molar-refractivity contribution in [3.8, 4) is 17.2 Å². The molecular formula is C24H26O6. The van der Waals surface area contributed by atoms with Crippen molar-refractivity contribution in [1.82, 2.24) is 0 Å². The van der Waals surface area contributed by atoms with Crippen molar-refractivity contribution in [1.29, 1.82) is 0 Å². The maximum absolute atomic E-state index is 13.0. The fourth-order valence-corrected chi connectivity index (χ4v) is 3.78. The molecule has 0 saturated heterocycles. The summed E-state index contributed by atoms with van der Waals surface area (Å²) in [6.45, 7) is 1.96. The lowest BCUT2D eigenvalue weighted by Gasteiger charge is -2.29. The summed E-state index contributed by atoms with van der Waals surface area (Å²) in [5.41, 5.74) is 2.57. The Balaban J connectivity index is 2.02. The number of ether oxygens (including phenoxy) is 4. The molecule has 158 valence electrons. The number of hydrogen-bond donors (Lipinski definition) is 0. The second-order valence-corrected chi connectivity index (χ2v) is 6.96. The van der Waals surface area contributed by atoms with E-state index in [4.69, 9.17) is 18.9 Å². The lowest BCUT2D eigenvalue weighted by Crippen LogP contribution is -2.34. The van der Waals surface area contributed by atoms with Crippen LogP contribution in [0, 0.1) is 5.92 Å². The molecule has 1 aliphatic rings. The number of ketones is 1. The summed E-state index contributed by atoms with van der Waals surface area (Å²) in [5, 5.41) is 0. The number of carbonyl (C=O) groups is 2. The Morgan fingerprint density at radius 2 is 1.67 bits per heavy atom. The van der Waals surface area contributed by atoms with Crippen molar-refractivity contribution in [2.45, 2.75) is 19.3 Å². The molecule has 1 aliphatic carbocycles. The molecule has 3 rings (SSSR count). The van der Waals surface area contributed by atoms with Gasteiger partial charge in [0.1, 0.15) is 11.7 Å². The van der Waals surface area contributed by atoms with Crippen LogP contribution in [0.2, 0.25) is 0 Å². The molecule has 2 aromatic carbocycles. The van der Waals surface area contributed by atoms with Crippen molar-refractivity contribution in [2.24, 2.45) is 5.92 Å². The van der Waals surface area contributed by atoms with Crippen molar-refractivity contribution >= 4 is 17.3 Å². The van der Waals surface area contributed by atoms with Crippen LogP contribution in [0.3, 0.4) is 0 Å². The third kappa shape index (κ3) is 4.32. The van der Waals surface area contributed by atoms with Gasteiger partial charge in [0, 0.05) is 5.92 Å². The molecule has 6 heteroatoms. The van der Waals surface area contributed by atoms with Gasteiger partial charge in [0.15, 0.2) is 17.3 Å². The van der Waals surface area contributed by atoms with E-state index in [9.17, 15) is 9.59 Å². The predicted molar refractivity (Wildman–Crippen MR) is 113 cm³/mol. The van der Waals surface area contributed by atoms with Gasteiger partial charge < -0.3 is 18.9 Å². The second kappa shape index (κ2) is 9.48. The Hall–Kier alpha value is -3.28. The second-order valence-electron chi connectivity index (χ2n) is 6.96. The average molecular weight is 410 g/mol. The fourth-order valence-electron chi connectivity index (χ4n) is 3.78. The number of methoxy groups -OCH3 is 3. The molecule has 0 spiro atoms. The largest absolute Gasteiger partial charge is 0.497 e. The highest BCUT2D eigenvalue weighted by atomic mass is 16.5. The van der Waals surface area contributed by atoms with E-state index in [0.717, 1.165) is 16.7 Å². The van der Waals surface area contributed by atoms with Gasteiger partial charge in [-0.25, -0.2) is 0 Å². The minimum Gasteiger partial charge on any atom is -0.497 e. The van der Waals surface area contributed by atoms with E-state index in [1.807, 2.05) is 36.4 Å². The highest BCUT2D eigenvalue weighted by Crippen LogP contribution is 2.42. The van der Waals surface area contributed by atoms with Gasteiger partial charge in [-0.3, -0.25) is 9.59 Å². The van der Waals surface area contributed by atoms with Gasteiger partial charge in [-0.05, 0) is 60.4 Å². The van der Waals surface area contributed by atoms with Gasteiger partial charge in [-0.2, -0.15) is 0 Å². The van der Waals surface area contributed by atoms with Crippen LogP contribution in [0.15, 0.2) is 48.5 Å². The molecule has 0 saturated carbocycles. The molecule has 0 aliphatic heterocycles. The number of benzene rings is 2. The van der Waals surface area contributed by atoms with E-state index in [1.165, 1.54) is 0 Å². The third-order valence-electron chi connectivity index (χ3n) is 5.30. The number of esters is 1. The highest BCUT2D eigenvalue weighted by Gasteiger charge is 2.39. The minimum absolute atomic E-state index is 0.226. The SMILES string of the molecule is CCOC(=O)[C@H]1C(=O)C=C(c2ccc(OC)c(OC)c2)C[C@@H]1c1ccc(OC)cc1. The first-order chi connectivity index (χ1) is 14.5. The summed E-state index contributed by atoms with van der Waals surface area (Å²) < 4.78 is 21.1. The molecule has 0 aromatic heterocycles. The summed E-state index contributed by atoms with van der Waals surface area (Å²) in [5.74, 6) is -0.0600. The first-order valence-corrected chi connectivity index (χ1v) is 9.79. The molecule has 2 aromatic rings. The predicted octanol–water partition coefficient (Wildman–Crippen LogP) is 4.03. The molecule has 0 radical (unpaired) electrons. The molecular weight excluding hydrogens is 384 g/mol. The molecule has 0 heterocycles. The maximum Gasteiger partial charge on any atom is 0.317 e. The number of carbonyl (C=O) groups excluding carboxylic acids is 2. The zero-order chi connectivity index (χ0) is 21.7. The van der Waals surface area contributed by atoms with Gasteiger partial charge in [0.05, 0.1) is 27.9 Å². The fraction of sp³-hybridized carbons (Fsp3) is 0.333. The van der Waals surface area contributed by atoms with Crippen LogP contribution >= 0.6 is 0 Å². The number of allylic oxidation sites excluding steroid dienone is 2. The van der Waals surface area contributed by atoms with E-state index >= 15 is 0 Å². The molecule has 2 atom stereocenters. The first kappa shape index (κ1) is 21.4. The van der Waals surface area contributed by atoms with Crippen LogP contribution in [-0.2, 0) is 14.3 Å². The molecule has 0 N–H and O–H groups in total. The Morgan fingerprint density at radius 1 is 0.967 bits per heavy atom. The number of rotatable bonds is 7. The van der Waals surface area contributed by atoms with Gasteiger partial charge in [-0.15, -0.1) is 0 Å². The standard InChI is InChI=1S/C24H26O6/c1-5-30-24(26)23-19(15-6-9-18(27-2)10-7-15)12-17(13-20(23)25)16-8-11-21(28-3)22(14-16)29-4/h6-11,13-14,19,23H,5,12H2,1-4H3/t19-,23-/m1/s1. The summed E-state index contributed by atoms with van der Waals surface area (Å²) >= 11 is 0. The highest BCUT2D eigenvalue weighted by molar-refractivity contribution is 6.10. The van der Waals surface area contributed by atoms with Gasteiger partial charge in [-0.1, -0.05) is 18.2 Å². The van der Waals surface area contributed by atoms with E-state index in [-0.39, 0.29) is 18.3 Å². The van der Waals surface area contributed by atoms with Crippen LogP contribution in [0.4, 0.5) is 0 Å². The third-order valence-corrected chi connectivity index (χ3v) is 5.30. The zero-order valence-electron chi connectivity index (χ0n) is 17.6. The minimum atomic E-state index is -0.873. The van der Waals surface area contributed by atoms with E-state index < -0.39 is 11.9 Å². The molecule has 0 fully saturated rings. The molecule has 0 unspecified atom stereocenters. The monoisotopic (exact) mass is 410 g/mol. The normalized spacial score (nSPS) is 18.4. The summed E-state index contributed by atoms with van der Waals surface area (Å²) in [4.78, 5) is 25.6. The smallest absolute Gasteiger partial charge is 0.317 e. The van der Waals surface area contributed by atoms with Crippen LogP contribution in [0.5, 0.6) is 17.2 Å². The summed E-state index contributed by atoms with van der Waals surface area (Å²) in [6.07, 6.45) is 2.06. The first-order valence-electron chi connectivity index (χ1n) is 9.79. The van der Waals surface area contributed by atoms with Gasteiger partial charge >= 0.3 is 5.97 Å². The molecule has 0 amide bonds. The van der Waals surface area contributed by atoms with Crippen LogP contribution in [0.1, 0.15) is 30.4 Å². The lowest BCUT2D eigenvalue weighted by molar-refractivity contribution is -0.151. The van der Waals surface area contributed by atoms with Crippen molar-refractivity contribution in [2.75, 3.05) is 27.9 Å². The zero-order valence-corrected chi connectivity index (χ0v) is 17.6. The van der Waals surface area contributed by atoms with E-state index in [0.29, 0.717) is 23.7 Å². The van der Waals surface area contributed by atoms with Gasteiger partial charge in [0.2, 0.25) is 0 Å². The van der Waals surface area contributed by atoms with E-state index in [2.05, 4.69) is 0 Å². The quantitative estimate of drug-likeness (QED) is 0.507. The topological polar surface area (TPSA) is 71.1 Å².